The number of alkyl halides is 3. The zero-order valence-electron chi connectivity index (χ0n) is 36.9. The summed E-state index contributed by atoms with van der Waals surface area (Å²) in [4.78, 5) is 51.0. The van der Waals surface area contributed by atoms with Crippen molar-refractivity contribution in [1.82, 2.24) is 20.2 Å². The first kappa shape index (κ1) is 47.6. The molecule has 7 rings (SSSR count). The van der Waals surface area contributed by atoms with E-state index in [2.05, 4.69) is 39.0 Å². The summed E-state index contributed by atoms with van der Waals surface area (Å²) in [6.45, 7) is 3.22. The van der Waals surface area contributed by atoms with Crippen LogP contribution in [0, 0.1) is 35.3 Å². The predicted molar refractivity (Wildman–Crippen MR) is 234 cm³/mol. The van der Waals surface area contributed by atoms with Crippen molar-refractivity contribution in [2.24, 2.45) is 0 Å². The number of fused-ring (bicyclic) bond motifs is 4. The fourth-order valence-corrected chi connectivity index (χ4v) is 7.88. The maximum atomic E-state index is 17.8. The molecule has 4 aromatic carbocycles. The van der Waals surface area contributed by atoms with E-state index in [-0.39, 0.29) is 71.9 Å². The highest BCUT2D eigenvalue weighted by atomic mass is 19.4. The number of carbonyl (C=O) groups is 3. The Morgan fingerprint density at radius 1 is 0.910 bits per heavy atom. The van der Waals surface area contributed by atoms with Gasteiger partial charge < -0.3 is 38.6 Å². The predicted octanol–water partition coefficient (Wildman–Crippen LogP) is 8.31. The summed E-state index contributed by atoms with van der Waals surface area (Å²) in [5.74, 6) is 7.28. The van der Waals surface area contributed by atoms with E-state index in [4.69, 9.17) is 28.4 Å². The molecular formula is C48H44F5N5O9. The number of anilines is 1. The number of benzene rings is 4. The number of hydrogen-bond acceptors (Lipinski definition) is 12. The Bertz CT molecular complexity index is 2820. The number of piperazine rings is 1. The molecule has 2 aliphatic rings. The van der Waals surface area contributed by atoms with Gasteiger partial charge >= 0.3 is 30.3 Å². The van der Waals surface area contributed by atoms with E-state index < -0.39 is 82.9 Å². The molecule has 2 fully saturated rings. The number of nitrogens with one attached hydrogen (secondary N) is 1. The minimum absolute atomic E-state index is 0.0113. The first-order chi connectivity index (χ1) is 31.9. The molecule has 0 aliphatic carbocycles. The van der Waals surface area contributed by atoms with Gasteiger partial charge in [0.1, 0.15) is 35.1 Å². The van der Waals surface area contributed by atoms with Gasteiger partial charge in [0.25, 0.3) is 0 Å². The zero-order chi connectivity index (χ0) is 48.0. The number of aromatic nitrogens is 2. The largest absolute Gasteiger partial charge is 0.468 e. The normalized spacial score (nSPS) is 15.6. The van der Waals surface area contributed by atoms with Gasteiger partial charge in [0.05, 0.1) is 36.9 Å². The number of methoxy groups -OCH3 is 2. The van der Waals surface area contributed by atoms with Crippen LogP contribution in [-0.4, -0.2) is 104 Å². The third-order valence-corrected chi connectivity index (χ3v) is 10.6. The fraction of sp³-hybridized carbons (Fsp3) is 0.354. The summed E-state index contributed by atoms with van der Waals surface area (Å²) >= 11 is 0. The zero-order valence-corrected chi connectivity index (χ0v) is 36.9. The molecule has 0 spiro atoms. The highest BCUT2D eigenvalue weighted by molar-refractivity contribution is 6.11. The third-order valence-electron chi connectivity index (χ3n) is 10.6. The number of halogens is 5. The first-order valence-corrected chi connectivity index (χ1v) is 20.8. The van der Waals surface area contributed by atoms with Crippen LogP contribution in [0.4, 0.5) is 37.4 Å². The third kappa shape index (κ3) is 11.2. The molecule has 2 amide bonds. The van der Waals surface area contributed by atoms with Crippen molar-refractivity contribution in [1.29, 1.82) is 0 Å². The van der Waals surface area contributed by atoms with Crippen molar-refractivity contribution < 1.29 is 64.8 Å². The number of amides is 2. The molecule has 2 saturated heterocycles. The lowest BCUT2D eigenvalue weighted by molar-refractivity contribution is -0.154. The number of carbonyl (C=O) groups excluding carboxylic acids is 3. The van der Waals surface area contributed by atoms with Gasteiger partial charge in [0.15, 0.2) is 19.2 Å². The van der Waals surface area contributed by atoms with Crippen LogP contribution >= 0.6 is 0 Å². The van der Waals surface area contributed by atoms with Crippen molar-refractivity contribution in [3.63, 3.8) is 0 Å². The van der Waals surface area contributed by atoms with Gasteiger partial charge in [0.2, 0.25) is 0 Å². The molecule has 14 nitrogen and oxygen atoms in total. The summed E-state index contributed by atoms with van der Waals surface area (Å²) in [7, 11) is 2.43. The monoisotopic (exact) mass is 929 g/mol. The molecule has 67 heavy (non-hydrogen) atoms. The second-order valence-electron chi connectivity index (χ2n) is 16.4. The van der Waals surface area contributed by atoms with E-state index in [1.165, 1.54) is 31.4 Å². The number of ether oxygens (including phenoxy) is 6. The number of alkyl carbamates (subject to hydrolysis) is 1. The Morgan fingerprint density at radius 3 is 2.31 bits per heavy atom. The van der Waals surface area contributed by atoms with E-state index in [1.807, 2.05) is 6.07 Å². The van der Waals surface area contributed by atoms with Gasteiger partial charge in [-0.1, -0.05) is 42.3 Å². The van der Waals surface area contributed by atoms with Gasteiger partial charge in [-0.25, -0.2) is 23.2 Å². The molecular weight excluding hydrogens is 886 g/mol. The molecule has 19 heteroatoms. The van der Waals surface area contributed by atoms with Crippen LogP contribution < -0.4 is 19.7 Å². The summed E-state index contributed by atoms with van der Waals surface area (Å²) in [6.07, 6.45) is -4.96. The molecule has 1 N–H and O–H groups in total. The average Bonchev–Trinajstić information content (AvgIpc) is 3.56. The quantitative estimate of drug-likeness (QED) is 0.0446. The van der Waals surface area contributed by atoms with Crippen molar-refractivity contribution >= 4 is 45.6 Å². The number of rotatable bonds is 11. The Kier molecular flexibility index (Phi) is 14.2. The van der Waals surface area contributed by atoms with E-state index in [9.17, 15) is 27.6 Å². The lowest BCUT2D eigenvalue weighted by Crippen LogP contribution is -2.57. The smallest absolute Gasteiger partial charge is 0.422 e. The molecule has 2 atom stereocenters. The maximum absolute atomic E-state index is 17.8. The SMILES string of the molecule is COCOc1cc(-c2c(C(=O)OC)cc3c(N4C[C@H]5CC[C@@H](C4)N5C(=O)OC(C)(C)C)nc(OCC(F)(F)F)nc3c2F)c2c(C#CC#CCNC(=O)OCc3ccccc3)c(F)ccc2c1. The number of hydrogen-bond donors (Lipinski definition) is 1. The highest BCUT2D eigenvalue weighted by Gasteiger charge is 2.45. The Hall–Kier alpha value is -7.38. The van der Waals surface area contributed by atoms with Crippen LogP contribution in [0.2, 0.25) is 0 Å². The number of esters is 1. The van der Waals surface area contributed by atoms with Crippen LogP contribution in [0.1, 0.15) is 55.1 Å². The van der Waals surface area contributed by atoms with Crippen LogP contribution in [0.3, 0.4) is 0 Å². The minimum Gasteiger partial charge on any atom is -0.468 e. The summed E-state index contributed by atoms with van der Waals surface area (Å²) in [5, 5.41) is 2.62. The second-order valence-corrected chi connectivity index (χ2v) is 16.4. The van der Waals surface area contributed by atoms with E-state index >= 15 is 8.78 Å². The molecule has 0 unspecified atom stereocenters. The van der Waals surface area contributed by atoms with Crippen molar-refractivity contribution in [2.75, 3.05) is 52.2 Å². The molecule has 5 aromatic rings. The van der Waals surface area contributed by atoms with Crippen LogP contribution in [0.25, 0.3) is 32.8 Å². The van der Waals surface area contributed by atoms with Gasteiger partial charge in [-0.15, -0.1) is 0 Å². The molecule has 2 aliphatic heterocycles. The standard InChI is InChI=1S/C48H44F5N5O9/c1-47(2,3)67-46(61)58-30-16-17-31(58)24-57(23-30)42-36-22-35(43(59)63-5)39(40(50)41(36)55-44(56-42)65-26-48(51,52)53)34-21-32(66-27-62-4)20-29-15-18-37(49)33(38(29)34)14-10-7-11-19-54-45(60)64-25-28-12-8-6-9-13-28/h6,8-9,12-13,15,18,20-22,30-31H,16-17,19,23-27H2,1-5H3,(H,54,60)/t30-,31+. The Labute approximate surface area is 381 Å². The molecule has 3 heterocycles. The van der Waals surface area contributed by atoms with E-state index in [0.717, 1.165) is 18.7 Å². The van der Waals surface area contributed by atoms with Crippen LogP contribution in [0.5, 0.6) is 11.8 Å². The molecule has 1 aromatic heterocycles. The Balaban J connectivity index is 1.34. The highest BCUT2D eigenvalue weighted by Crippen LogP contribution is 2.44. The van der Waals surface area contributed by atoms with Gasteiger partial charge in [-0.05, 0) is 92.2 Å². The second kappa shape index (κ2) is 20.0. The van der Waals surface area contributed by atoms with Crippen LogP contribution in [-0.2, 0) is 25.6 Å². The van der Waals surface area contributed by atoms with Crippen LogP contribution in [0.15, 0.2) is 60.7 Å². The molecule has 350 valence electrons. The summed E-state index contributed by atoms with van der Waals surface area (Å²) in [6, 6.07) is 13.9. The maximum Gasteiger partial charge on any atom is 0.422 e. The van der Waals surface area contributed by atoms with E-state index in [0.29, 0.717) is 12.8 Å². The van der Waals surface area contributed by atoms with Crippen molar-refractivity contribution in [3.8, 4) is 46.6 Å². The van der Waals surface area contributed by atoms with Gasteiger partial charge in [-0.3, -0.25) is 4.90 Å². The molecule has 0 radical (unpaired) electrons. The van der Waals surface area contributed by atoms with E-state index in [1.54, 1.807) is 54.8 Å². The topological polar surface area (TPSA) is 151 Å². The lowest BCUT2D eigenvalue weighted by atomic mass is 9.90. The molecule has 0 saturated carbocycles. The van der Waals surface area contributed by atoms with Crippen molar-refractivity contribution in [2.45, 2.75) is 64.1 Å². The average molecular weight is 930 g/mol. The Morgan fingerprint density at radius 2 is 1.64 bits per heavy atom. The van der Waals surface area contributed by atoms with Gasteiger partial charge in [0, 0.05) is 36.5 Å². The van der Waals surface area contributed by atoms with Gasteiger partial charge in [-0.2, -0.15) is 23.1 Å². The molecule has 2 bridgehead atoms. The summed E-state index contributed by atoms with van der Waals surface area (Å²) < 4.78 is 106. The minimum atomic E-state index is -4.83. The van der Waals surface area contributed by atoms with Crippen molar-refractivity contribution in [3.05, 3.63) is 89.0 Å². The lowest BCUT2D eigenvalue weighted by Gasteiger charge is -2.42. The summed E-state index contributed by atoms with van der Waals surface area (Å²) in [5.41, 5.74) is -1.86. The fourth-order valence-electron chi connectivity index (χ4n) is 7.88. The number of nitrogens with zero attached hydrogens (tertiary/aromatic N) is 4. The first-order valence-electron chi connectivity index (χ1n) is 20.8.